The van der Waals surface area contributed by atoms with Crippen LogP contribution in [0.2, 0.25) is 0 Å². The molecular weight excluding hydrogens is 266 g/mol. The Bertz CT molecular complexity index is 505. The van der Waals surface area contributed by atoms with Gasteiger partial charge in [-0.3, -0.25) is 4.90 Å². The summed E-state index contributed by atoms with van der Waals surface area (Å²) in [7, 11) is 1.50. The van der Waals surface area contributed by atoms with Crippen molar-refractivity contribution in [3.8, 4) is 5.75 Å². The Morgan fingerprint density at radius 1 is 1.38 bits per heavy atom. The zero-order chi connectivity index (χ0) is 15.5. The summed E-state index contributed by atoms with van der Waals surface area (Å²) in [6.07, 6.45) is 3.66. The smallest absolute Gasteiger partial charge is 0.339 e. The van der Waals surface area contributed by atoms with Crippen LogP contribution in [-0.4, -0.2) is 36.2 Å². The van der Waals surface area contributed by atoms with Crippen molar-refractivity contribution < 1.29 is 14.6 Å². The van der Waals surface area contributed by atoms with Gasteiger partial charge in [0.05, 0.1) is 7.11 Å². The summed E-state index contributed by atoms with van der Waals surface area (Å²) < 4.78 is 5.10. The van der Waals surface area contributed by atoms with Crippen LogP contribution in [0.5, 0.6) is 5.75 Å². The second-order valence-corrected chi connectivity index (χ2v) is 6.28. The number of carboxylic acids is 1. The van der Waals surface area contributed by atoms with Crippen LogP contribution in [0.1, 0.15) is 49.0 Å². The summed E-state index contributed by atoms with van der Waals surface area (Å²) in [5, 5.41) is 9.23. The lowest BCUT2D eigenvalue weighted by Gasteiger charge is -2.39. The molecular formula is C17H25NO3. The van der Waals surface area contributed by atoms with E-state index >= 15 is 0 Å². The topological polar surface area (TPSA) is 49.8 Å². The highest BCUT2D eigenvalue weighted by Gasteiger charge is 2.28. The molecule has 0 aromatic heterocycles. The monoisotopic (exact) mass is 291 g/mol. The summed E-state index contributed by atoms with van der Waals surface area (Å²) in [5.41, 5.74) is 1.75. The SMILES string of the molecule is CCC1(C)CCN(Cc2ccc(OC)c(C(=O)O)c2)CC1. The van der Waals surface area contributed by atoms with Crippen molar-refractivity contribution in [1.82, 2.24) is 4.90 Å². The fraction of sp³-hybridized carbons (Fsp3) is 0.588. The molecule has 1 fully saturated rings. The molecule has 0 aliphatic carbocycles. The van der Waals surface area contributed by atoms with Crippen LogP contribution >= 0.6 is 0 Å². The first-order chi connectivity index (χ1) is 9.97. The van der Waals surface area contributed by atoms with E-state index in [0.29, 0.717) is 11.2 Å². The van der Waals surface area contributed by atoms with Crippen molar-refractivity contribution in [3.63, 3.8) is 0 Å². The fourth-order valence-corrected chi connectivity index (χ4v) is 2.88. The number of carboxylic acid groups (broad SMARTS) is 1. The van der Waals surface area contributed by atoms with Gasteiger partial charge >= 0.3 is 5.97 Å². The Kier molecular flexibility index (Phi) is 4.88. The summed E-state index contributed by atoms with van der Waals surface area (Å²) in [4.78, 5) is 13.7. The summed E-state index contributed by atoms with van der Waals surface area (Å²) >= 11 is 0. The number of piperidine rings is 1. The lowest BCUT2D eigenvalue weighted by molar-refractivity contribution is 0.0693. The minimum atomic E-state index is -0.939. The van der Waals surface area contributed by atoms with E-state index < -0.39 is 5.97 Å². The molecule has 0 spiro atoms. The number of nitrogens with zero attached hydrogens (tertiary/aromatic N) is 1. The van der Waals surface area contributed by atoms with E-state index in [0.717, 1.165) is 25.2 Å². The van der Waals surface area contributed by atoms with E-state index in [9.17, 15) is 9.90 Å². The average molecular weight is 291 g/mol. The number of hydrogen-bond acceptors (Lipinski definition) is 3. The Labute approximate surface area is 126 Å². The third-order valence-corrected chi connectivity index (χ3v) is 4.82. The molecule has 1 aromatic rings. The van der Waals surface area contributed by atoms with Crippen LogP contribution in [0.15, 0.2) is 18.2 Å². The normalized spacial score (nSPS) is 18.4. The van der Waals surface area contributed by atoms with E-state index in [1.807, 2.05) is 6.07 Å². The van der Waals surface area contributed by atoms with Crippen LogP contribution in [0, 0.1) is 5.41 Å². The first-order valence-corrected chi connectivity index (χ1v) is 7.60. The van der Waals surface area contributed by atoms with Crippen molar-refractivity contribution in [2.24, 2.45) is 5.41 Å². The van der Waals surface area contributed by atoms with E-state index in [2.05, 4.69) is 18.7 Å². The lowest BCUT2D eigenvalue weighted by atomic mass is 9.78. The van der Waals surface area contributed by atoms with Crippen molar-refractivity contribution >= 4 is 5.97 Å². The van der Waals surface area contributed by atoms with Gasteiger partial charge in [-0.25, -0.2) is 4.79 Å². The molecule has 0 atom stereocenters. The minimum absolute atomic E-state index is 0.241. The molecule has 1 N–H and O–H groups in total. The highest BCUT2D eigenvalue weighted by Crippen LogP contribution is 2.34. The van der Waals surface area contributed by atoms with Crippen LogP contribution in [0.4, 0.5) is 0 Å². The number of benzene rings is 1. The second kappa shape index (κ2) is 6.48. The maximum Gasteiger partial charge on any atom is 0.339 e. The zero-order valence-corrected chi connectivity index (χ0v) is 13.2. The number of methoxy groups -OCH3 is 1. The number of rotatable bonds is 5. The molecule has 1 aliphatic rings. The van der Waals surface area contributed by atoms with Gasteiger partial charge in [-0.15, -0.1) is 0 Å². The molecule has 0 radical (unpaired) electrons. The predicted molar refractivity (Wildman–Crippen MR) is 82.9 cm³/mol. The number of likely N-dealkylation sites (tertiary alicyclic amines) is 1. The Balaban J connectivity index is 2.04. The van der Waals surface area contributed by atoms with Crippen molar-refractivity contribution in [3.05, 3.63) is 29.3 Å². The van der Waals surface area contributed by atoms with Crippen LogP contribution < -0.4 is 4.74 Å². The maximum absolute atomic E-state index is 11.3. The van der Waals surface area contributed by atoms with Crippen molar-refractivity contribution in [1.29, 1.82) is 0 Å². The second-order valence-electron chi connectivity index (χ2n) is 6.28. The minimum Gasteiger partial charge on any atom is -0.496 e. The molecule has 0 saturated carbocycles. The fourth-order valence-electron chi connectivity index (χ4n) is 2.88. The molecule has 0 unspecified atom stereocenters. The molecule has 2 rings (SSSR count). The first kappa shape index (κ1) is 15.8. The van der Waals surface area contributed by atoms with E-state index in [4.69, 9.17) is 4.74 Å². The summed E-state index contributed by atoms with van der Waals surface area (Å²) in [6, 6.07) is 5.44. The zero-order valence-electron chi connectivity index (χ0n) is 13.2. The molecule has 0 amide bonds. The quantitative estimate of drug-likeness (QED) is 0.903. The third-order valence-electron chi connectivity index (χ3n) is 4.82. The highest BCUT2D eigenvalue weighted by atomic mass is 16.5. The Morgan fingerprint density at radius 2 is 2.05 bits per heavy atom. The Hall–Kier alpha value is -1.55. The van der Waals surface area contributed by atoms with Gasteiger partial charge in [0.15, 0.2) is 0 Å². The van der Waals surface area contributed by atoms with Gasteiger partial charge < -0.3 is 9.84 Å². The van der Waals surface area contributed by atoms with Crippen LogP contribution in [0.3, 0.4) is 0 Å². The third kappa shape index (κ3) is 3.76. The van der Waals surface area contributed by atoms with E-state index in [1.165, 1.54) is 26.4 Å². The van der Waals surface area contributed by atoms with Crippen LogP contribution in [-0.2, 0) is 6.54 Å². The standard InChI is InChI=1S/C17H25NO3/c1-4-17(2)7-9-18(10-8-17)12-13-5-6-15(21-3)14(11-13)16(19)20/h5-6,11H,4,7-10,12H2,1-3H3,(H,19,20). The maximum atomic E-state index is 11.3. The molecule has 116 valence electrons. The van der Waals surface area contributed by atoms with Gasteiger partial charge in [0.2, 0.25) is 0 Å². The average Bonchev–Trinajstić information content (AvgIpc) is 2.49. The van der Waals surface area contributed by atoms with Gasteiger partial charge in [-0.1, -0.05) is 26.3 Å². The van der Waals surface area contributed by atoms with Gasteiger partial charge in [-0.2, -0.15) is 0 Å². The van der Waals surface area contributed by atoms with Gasteiger partial charge in [0, 0.05) is 6.54 Å². The lowest BCUT2D eigenvalue weighted by Crippen LogP contribution is -2.37. The Morgan fingerprint density at radius 3 is 2.57 bits per heavy atom. The molecule has 4 heteroatoms. The van der Waals surface area contributed by atoms with Crippen molar-refractivity contribution in [2.75, 3.05) is 20.2 Å². The summed E-state index contributed by atoms with van der Waals surface area (Å²) in [6.45, 7) is 7.60. The molecule has 1 saturated heterocycles. The molecule has 4 nitrogen and oxygen atoms in total. The molecule has 1 aromatic carbocycles. The predicted octanol–water partition coefficient (Wildman–Crippen LogP) is 3.41. The number of ether oxygens (including phenoxy) is 1. The number of aromatic carboxylic acids is 1. The largest absolute Gasteiger partial charge is 0.496 e. The van der Waals surface area contributed by atoms with Gasteiger partial charge in [0.25, 0.3) is 0 Å². The van der Waals surface area contributed by atoms with Gasteiger partial charge in [-0.05, 0) is 49.0 Å². The molecule has 21 heavy (non-hydrogen) atoms. The van der Waals surface area contributed by atoms with E-state index in [-0.39, 0.29) is 5.56 Å². The number of carbonyl (C=O) groups is 1. The van der Waals surface area contributed by atoms with Gasteiger partial charge in [0.1, 0.15) is 11.3 Å². The van der Waals surface area contributed by atoms with E-state index in [1.54, 1.807) is 12.1 Å². The van der Waals surface area contributed by atoms with Crippen molar-refractivity contribution in [2.45, 2.75) is 39.7 Å². The first-order valence-electron chi connectivity index (χ1n) is 7.60. The molecule has 1 heterocycles. The summed E-state index contributed by atoms with van der Waals surface area (Å²) in [5.74, 6) is -0.519. The molecule has 0 bridgehead atoms. The molecule has 1 aliphatic heterocycles. The van der Waals surface area contributed by atoms with Crippen LogP contribution in [0.25, 0.3) is 0 Å². The highest BCUT2D eigenvalue weighted by molar-refractivity contribution is 5.91. The number of hydrogen-bond donors (Lipinski definition) is 1.